The number of sulfonamides is 1. The predicted molar refractivity (Wildman–Crippen MR) is 121 cm³/mol. The van der Waals surface area contributed by atoms with Gasteiger partial charge in [0.25, 0.3) is 5.91 Å². The monoisotopic (exact) mass is 473 g/mol. The minimum Gasteiger partial charge on any atom is -0.369 e. The first-order valence-electron chi connectivity index (χ1n) is 8.86. The summed E-state index contributed by atoms with van der Waals surface area (Å²) in [6.07, 6.45) is 0. The minimum atomic E-state index is -3.77. The van der Waals surface area contributed by atoms with Crippen LogP contribution in [0, 0.1) is 0 Å². The highest BCUT2D eigenvalue weighted by Crippen LogP contribution is 2.31. The van der Waals surface area contributed by atoms with Crippen molar-refractivity contribution in [2.45, 2.75) is 4.90 Å². The number of amides is 1. The van der Waals surface area contributed by atoms with E-state index >= 15 is 0 Å². The summed E-state index contributed by atoms with van der Waals surface area (Å²) < 4.78 is 25.9. The summed E-state index contributed by atoms with van der Waals surface area (Å²) in [7, 11) is -0.957. The zero-order chi connectivity index (χ0) is 21.2. The summed E-state index contributed by atoms with van der Waals surface area (Å²) in [6.45, 7) is 1.87. The summed E-state index contributed by atoms with van der Waals surface area (Å²) in [5.41, 5.74) is 1.65. The van der Waals surface area contributed by atoms with Gasteiger partial charge in [-0.2, -0.15) is 11.8 Å². The number of carbonyl (C=O) groups is 1. The second-order valence-electron chi connectivity index (χ2n) is 6.65. The van der Waals surface area contributed by atoms with Crippen LogP contribution in [-0.4, -0.2) is 57.3 Å². The van der Waals surface area contributed by atoms with Gasteiger partial charge in [0, 0.05) is 49.9 Å². The lowest BCUT2D eigenvalue weighted by Gasteiger charge is -2.29. The molecule has 0 bridgehead atoms. The molecule has 156 valence electrons. The van der Waals surface area contributed by atoms with Crippen molar-refractivity contribution in [1.29, 1.82) is 0 Å². The molecule has 1 heterocycles. The Morgan fingerprint density at radius 2 is 1.76 bits per heavy atom. The highest BCUT2D eigenvalue weighted by Gasteiger charge is 2.22. The van der Waals surface area contributed by atoms with Gasteiger partial charge in [0.05, 0.1) is 15.7 Å². The molecule has 10 heteroatoms. The molecule has 3 rings (SSSR count). The Bertz CT molecular complexity index is 1020. The second-order valence-corrected chi connectivity index (χ2v) is 10.8. The number of nitrogens with zero attached hydrogens (tertiary/aromatic N) is 2. The first kappa shape index (κ1) is 22.2. The molecular formula is C19H21Cl2N3O3S2. The molecule has 0 unspecified atom stereocenters. The fourth-order valence-electron chi connectivity index (χ4n) is 2.89. The van der Waals surface area contributed by atoms with Crippen molar-refractivity contribution in [1.82, 2.24) is 4.31 Å². The summed E-state index contributed by atoms with van der Waals surface area (Å²) in [5.74, 6) is 1.67. The van der Waals surface area contributed by atoms with Crippen LogP contribution >= 0.6 is 35.0 Å². The van der Waals surface area contributed by atoms with Gasteiger partial charge in [-0.1, -0.05) is 23.2 Å². The third-order valence-corrected chi connectivity index (χ3v) is 8.05. The summed E-state index contributed by atoms with van der Waals surface area (Å²) in [4.78, 5) is 14.8. The summed E-state index contributed by atoms with van der Waals surface area (Å²) in [6, 6.07) is 9.52. The molecule has 1 amide bonds. The van der Waals surface area contributed by atoms with Crippen LogP contribution in [0.4, 0.5) is 11.4 Å². The Balaban J connectivity index is 1.81. The summed E-state index contributed by atoms with van der Waals surface area (Å²) >= 11 is 14.4. The molecule has 0 aliphatic carbocycles. The van der Waals surface area contributed by atoms with Crippen LogP contribution in [0.2, 0.25) is 10.0 Å². The summed E-state index contributed by atoms with van der Waals surface area (Å²) in [5, 5.41) is 3.37. The molecule has 1 saturated heterocycles. The average Bonchev–Trinajstić information content (AvgIpc) is 2.68. The van der Waals surface area contributed by atoms with E-state index in [4.69, 9.17) is 23.2 Å². The molecule has 0 radical (unpaired) electrons. The quantitative estimate of drug-likeness (QED) is 0.708. The van der Waals surface area contributed by atoms with Gasteiger partial charge in [0.1, 0.15) is 4.90 Å². The number of nitrogens with one attached hydrogen (secondary N) is 1. The molecule has 1 aliphatic rings. The topological polar surface area (TPSA) is 69.7 Å². The van der Waals surface area contributed by atoms with E-state index in [0.29, 0.717) is 10.7 Å². The molecule has 29 heavy (non-hydrogen) atoms. The van der Waals surface area contributed by atoms with Gasteiger partial charge >= 0.3 is 0 Å². The Hall–Kier alpha value is -1.45. The number of hydrogen-bond acceptors (Lipinski definition) is 5. The van der Waals surface area contributed by atoms with Crippen LogP contribution in [-0.2, 0) is 10.0 Å². The van der Waals surface area contributed by atoms with E-state index in [0.717, 1.165) is 34.6 Å². The normalized spacial score (nSPS) is 14.9. The van der Waals surface area contributed by atoms with E-state index in [2.05, 4.69) is 10.2 Å². The highest BCUT2D eigenvalue weighted by molar-refractivity contribution is 7.99. The van der Waals surface area contributed by atoms with Gasteiger partial charge in [-0.3, -0.25) is 4.79 Å². The van der Waals surface area contributed by atoms with Crippen LogP contribution < -0.4 is 10.2 Å². The molecule has 2 aromatic carbocycles. The van der Waals surface area contributed by atoms with Crippen molar-refractivity contribution in [3.63, 3.8) is 0 Å². The lowest BCUT2D eigenvalue weighted by Crippen LogP contribution is -2.32. The van der Waals surface area contributed by atoms with Crippen molar-refractivity contribution in [2.75, 3.05) is 48.9 Å². The molecule has 0 atom stereocenters. The molecule has 6 nitrogen and oxygen atoms in total. The molecule has 1 fully saturated rings. The van der Waals surface area contributed by atoms with Crippen molar-refractivity contribution in [3.05, 3.63) is 52.0 Å². The first-order chi connectivity index (χ1) is 13.7. The van der Waals surface area contributed by atoms with Crippen LogP contribution in [0.25, 0.3) is 0 Å². The maximum Gasteiger partial charge on any atom is 0.255 e. The minimum absolute atomic E-state index is 0.0577. The smallest absolute Gasteiger partial charge is 0.255 e. The number of halogens is 2. The molecule has 2 aromatic rings. The molecule has 1 aliphatic heterocycles. The van der Waals surface area contributed by atoms with E-state index in [9.17, 15) is 13.2 Å². The lowest BCUT2D eigenvalue weighted by molar-refractivity contribution is 0.102. The zero-order valence-electron chi connectivity index (χ0n) is 16.0. The van der Waals surface area contributed by atoms with Crippen molar-refractivity contribution >= 4 is 62.3 Å². The SMILES string of the molecule is CN(C)S(=O)(=O)c1cc(C(=O)Nc2ccc(N3CCSCC3)c(Cl)c2)ccc1Cl. The molecule has 0 spiro atoms. The highest BCUT2D eigenvalue weighted by atomic mass is 35.5. The van der Waals surface area contributed by atoms with Gasteiger partial charge in [0.15, 0.2) is 0 Å². The van der Waals surface area contributed by atoms with E-state index < -0.39 is 15.9 Å². The number of benzene rings is 2. The number of rotatable bonds is 5. The first-order valence-corrected chi connectivity index (χ1v) is 12.2. The number of hydrogen-bond donors (Lipinski definition) is 1. The van der Waals surface area contributed by atoms with Crippen LogP contribution in [0.3, 0.4) is 0 Å². The Kier molecular flexibility index (Phi) is 7.01. The van der Waals surface area contributed by atoms with E-state index in [1.807, 2.05) is 17.8 Å². The Labute approximate surface area is 185 Å². The standard InChI is InChI=1S/C19H21Cl2N3O3S2/c1-23(2)29(26,27)18-11-13(3-5-15(18)20)19(25)22-14-4-6-17(16(21)12-14)24-7-9-28-10-8-24/h3-6,11-12H,7-10H2,1-2H3,(H,22,25). The third-order valence-electron chi connectivity index (χ3n) is 4.51. The van der Waals surface area contributed by atoms with Crippen LogP contribution in [0.1, 0.15) is 10.4 Å². The van der Waals surface area contributed by atoms with E-state index in [1.54, 1.807) is 12.1 Å². The van der Waals surface area contributed by atoms with E-state index in [1.165, 1.54) is 32.3 Å². The number of anilines is 2. The maximum absolute atomic E-state index is 12.7. The fourth-order valence-corrected chi connectivity index (χ4v) is 5.48. The van der Waals surface area contributed by atoms with E-state index in [-0.39, 0.29) is 15.5 Å². The Morgan fingerprint density at radius 1 is 1.07 bits per heavy atom. The van der Waals surface area contributed by atoms with Gasteiger partial charge in [-0.25, -0.2) is 12.7 Å². The third kappa shape index (κ3) is 5.00. The largest absolute Gasteiger partial charge is 0.369 e. The number of carbonyl (C=O) groups excluding carboxylic acids is 1. The molecule has 1 N–H and O–H groups in total. The molecular weight excluding hydrogens is 453 g/mol. The van der Waals surface area contributed by atoms with Crippen LogP contribution in [0.15, 0.2) is 41.3 Å². The second kappa shape index (κ2) is 9.14. The van der Waals surface area contributed by atoms with Crippen molar-refractivity contribution in [3.8, 4) is 0 Å². The molecule has 0 saturated carbocycles. The Morgan fingerprint density at radius 3 is 2.38 bits per heavy atom. The zero-order valence-corrected chi connectivity index (χ0v) is 19.1. The molecule has 0 aromatic heterocycles. The van der Waals surface area contributed by atoms with Gasteiger partial charge in [-0.15, -0.1) is 0 Å². The predicted octanol–water partition coefficient (Wildman–Crippen LogP) is 4.05. The van der Waals surface area contributed by atoms with Gasteiger partial charge < -0.3 is 10.2 Å². The van der Waals surface area contributed by atoms with Gasteiger partial charge in [0.2, 0.25) is 10.0 Å². The lowest BCUT2D eigenvalue weighted by atomic mass is 10.2. The maximum atomic E-state index is 12.7. The average molecular weight is 474 g/mol. The van der Waals surface area contributed by atoms with Crippen molar-refractivity contribution < 1.29 is 13.2 Å². The van der Waals surface area contributed by atoms with Gasteiger partial charge in [-0.05, 0) is 36.4 Å². The number of thioether (sulfide) groups is 1. The van der Waals surface area contributed by atoms with Crippen LogP contribution in [0.5, 0.6) is 0 Å². The fraction of sp³-hybridized carbons (Fsp3) is 0.316. The van der Waals surface area contributed by atoms with Crippen molar-refractivity contribution in [2.24, 2.45) is 0 Å².